The van der Waals surface area contributed by atoms with E-state index in [1.165, 1.54) is 5.56 Å². The maximum absolute atomic E-state index is 13.5. The summed E-state index contributed by atoms with van der Waals surface area (Å²) >= 11 is 0. The smallest absolute Gasteiger partial charge is 0.255 e. The minimum Gasteiger partial charge on any atom is -0.329 e. The van der Waals surface area contributed by atoms with E-state index in [-0.39, 0.29) is 11.9 Å². The van der Waals surface area contributed by atoms with Crippen molar-refractivity contribution in [2.75, 3.05) is 10.6 Å². The number of nitrogens with one attached hydrogen (secondary N) is 2. The molecule has 1 amide bonds. The van der Waals surface area contributed by atoms with E-state index in [9.17, 15) is 4.79 Å². The van der Waals surface area contributed by atoms with Crippen LogP contribution in [0.4, 0.5) is 11.6 Å². The Morgan fingerprint density at radius 2 is 1.63 bits per heavy atom. The molecule has 0 fully saturated rings. The molecular weight excluding hydrogens is 372 g/mol. The van der Waals surface area contributed by atoms with Crippen molar-refractivity contribution in [3.8, 4) is 0 Å². The number of hydrogen-bond acceptors (Lipinski definition) is 3. The second-order valence-corrected chi connectivity index (χ2v) is 7.59. The van der Waals surface area contributed by atoms with Gasteiger partial charge in [0.25, 0.3) is 5.91 Å². The highest BCUT2D eigenvalue weighted by Crippen LogP contribution is 2.39. The molecule has 1 aliphatic heterocycles. The first kappa shape index (κ1) is 18.2. The molecule has 2 heterocycles. The van der Waals surface area contributed by atoms with Crippen molar-refractivity contribution < 1.29 is 4.79 Å². The molecule has 0 spiro atoms. The number of nitrogens with zero attached hydrogens (tertiary/aromatic N) is 2. The molecule has 4 aromatic rings. The molecule has 30 heavy (non-hydrogen) atoms. The molecule has 0 bridgehead atoms. The van der Waals surface area contributed by atoms with Gasteiger partial charge in [-0.05, 0) is 43.7 Å². The third kappa shape index (κ3) is 3.05. The van der Waals surface area contributed by atoms with Crippen LogP contribution in [-0.4, -0.2) is 15.5 Å². The molecule has 0 saturated heterocycles. The third-order valence-electron chi connectivity index (χ3n) is 5.50. The second kappa shape index (κ2) is 7.19. The fourth-order valence-electron chi connectivity index (χ4n) is 4.04. The number of para-hydroxylation sites is 3. The lowest BCUT2D eigenvalue weighted by Crippen LogP contribution is -2.30. The number of carbonyl (C=O) groups is 1. The Morgan fingerprint density at radius 1 is 0.933 bits per heavy atom. The van der Waals surface area contributed by atoms with Crippen molar-refractivity contribution >= 4 is 28.6 Å². The topological polar surface area (TPSA) is 59.0 Å². The van der Waals surface area contributed by atoms with Crippen LogP contribution < -0.4 is 10.6 Å². The van der Waals surface area contributed by atoms with E-state index in [1.807, 2.05) is 61.5 Å². The van der Waals surface area contributed by atoms with Crippen LogP contribution in [-0.2, 0) is 4.79 Å². The number of benzene rings is 3. The molecule has 148 valence electrons. The van der Waals surface area contributed by atoms with Crippen molar-refractivity contribution in [3.63, 3.8) is 0 Å². The Morgan fingerprint density at radius 3 is 2.40 bits per heavy atom. The van der Waals surface area contributed by atoms with Crippen LogP contribution in [0.3, 0.4) is 0 Å². The molecular formula is C25H22N4O. The lowest BCUT2D eigenvalue weighted by atomic mass is 9.93. The van der Waals surface area contributed by atoms with Crippen LogP contribution in [0.1, 0.15) is 24.1 Å². The summed E-state index contributed by atoms with van der Waals surface area (Å²) in [6, 6.07) is 25.6. The molecule has 1 aliphatic rings. The predicted octanol–water partition coefficient (Wildman–Crippen LogP) is 5.27. The summed E-state index contributed by atoms with van der Waals surface area (Å²) in [7, 11) is 0. The fourth-order valence-corrected chi connectivity index (χ4v) is 4.04. The van der Waals surface area contributed by atoms with Gasteiger partial charge >= 0.3 is 0 Å². The predicted molar refractivity (Wildman–Crippen MR) is 120 cm³/mol. The summed E-state index contributed by atoms with van der Waals surface area (Å²) in [5, 5.41) is 6.40. The van der Waals surface area contributed by atoms with Crippen molar-refractivity contribution in [2.45, 2.75) is 19.9 Å². The fraction of sp³-hybridized carbons (Fsp3) is 0.120. The first-order valence-corrected chi connectivity index (χ1v) is 9.99. The Hall–Kier alpha value is -3.86. The van der Waals surface area contributed by atoms with E-state index < -0.39 is 0 Å². The first-order valence-electron chi connectivity index (χ1n) is 9.99. The summed E-state index contributed by atoms with van der Waals surface area (Å²) in [6.45, 7) is 4.00. The molecule has 1 atom stereocenters. The summed E-state index contributed by atoms with van der Waals surface area (Å²) < 4.78 is 2.12. The largest absolute Gasteiger partial charge is 0.329 e. The van der Waals surface area contributed by atoms with E-state index in [4.69, 9.17) is 4.98 Å². The normalized spacial score (nSPS) is 15.6. The molecule has 5 nitrogen and oxygen atoms in total. The van der Waals surface area contributed by atoms with Crippen molar-refractivity contribution in [1.29, 1.82) is 0 Å². The van der Waals surface area contributed by atoms with Gasteiger partial charge in [0, 0.05) is 11.4 Å². The zero-order valence-corrected chi connectivity index (χ0v) is 16.9. The molecule has 0 unspecified atom stereocenters. The van der Waals surface area contributed by atoms with E-state index in [0.29, 0.717) is 5.57 Å². The number of aromatic nitrogens is 2. The number of imidazole rings is 1. The van der Waals surface area contributed by atoms with Gasteiger partial charge < -0.3 is 10.6 Å². The molecule has 2 N–H and O–H groups in total. The molecule has 0 aliphatic carbocycles. The standard InChI is InChI=1S/C25H22N4O/c1-16-12-14-18(15-13-16)23-22(24(30)27-19-8-4-3-5-9-19)17(2)26-25-28-20-10-6-7-11-21(20)29(23)25/h3-15,23H,1-2H3,(H,26,28)(H,27,30)/t23-/m1/s1. The summed E-state index contributed by atoms with van der Waals surface area (Å²) in [5.74, 6) is 0.621. The number of aryl methyl sites for hydroxylation is 1. The lowest BCUT2D eigenvalue weighted by Gasteiger charge is -2.30. The van der Waals surface area contributed by atoms with Gasteiger partial charge in [-0.3, -0.25) is 9.36 Å². The number of carbonyl (C=O) groups excluding carboxylic acids is 1. The molecule has 3 aromatic carbocycles. The van der Waals surface area contributed by atoms with Crippen molar-refractivity contribution in [3.05, 3.63) is 101 Å². The van der Waals surface area contributed by atoms with Gasteiger partial charge in [-0.15, -0.1) is 0 Å². The number of hydrogen-bond donors (Lipinski definition) is 2. The van der Waals surface area contributed by atoms with Crippen LogP contribution in [0.15, 0.2) is 90.1 Å². The zero-order chi connectivity index (χ0) is 20.7. The highest BCUT2D eigenvalue weighted by molar-refractivity contribution is 6.06. The van der Waals surface area contributed by atoms with Crippen LogP contribution in [0.5, 0.6) is 0 Å². The van der Waals surface area contributed by atoms with Gasteiger partial charge in [-0.2, -0.15) is 0 Å². The maximum atomic E-state index is 13.5. The average Bonchev–Trinajstić information content (AvgIpc) is 3.12. The molecule has 0 saturated carbocycles. The Bertz CT molecular complexity index is 1270. The van der Waals surface area contributed by atoms with Gasteiger partial charge in [0.15, 0.2) is 0 Å². The maximum Gasteiger partial charge on any atom is 0.255 e. The van der Waals surface area contributed by atoms with Gasteiger partial charge in [0.2, 0.25) is 5.95 Å². The van der Waals surface area contributed by atoms with Crippen LogP contribution in [0, 0.1) is 6.92 Å². The van der Waals surface area contributed by atoms with E-state index in [1.54, 1.807) is 0 Å². The lowest BCUT2D eigenvalue weighted by molar-refractivity contribution is -0.113. The van der Waals surface area contributed by atoms with E-state index in [0.717, 1.165) is 33.9 Å². The molecule has 5 rings (SSSR count). The number of anilines is 2. The highest BCUT2D eigenvalue weighted by atomic mass is 16.1. The SMILES string of the molecule is CC1=C(C(=O)Nc2ccccc2)[C@@H](c2ccc(C)cc2)n2c(nc3ccccc32)N1. The Kier molecular flexibility index (Phi) is 4.36. The van der Waals surface area contributed by atoms with Gasteiger partial charge in [0.1, 0.15) is 0 Å². The zero-order valence-electron chi connectivity index (χ0n) is 16.9. The second-order valence-electron chi connectivity index (χ2n) is 7.59. The minimum absolute atomic E-state index is 0.125. The quantitative estimate of drug-likeness (QED) is 0.497. The van der Waals surface area contributed by atoms with E-state index in [2.05, 4.69) is 46.4 Å². The number of fused-ring (bicyclic) bond motifs is 3. The van der Waals surface area contributed by atoms with Crippen molar-refractivity contribution in [2.24, 2.45) is 0 Å². The molecule has 1 aromatic heterocycles. The summed E-state index contributed by atoms with van der Waals surface area (Å²) in [5.41, 5.74) is 6.36. The monoisotopic (exact) mass is 394 g/mol. The number of allylic oxidation sites excluding steroid dienone is 1. The molecule has 5 heteroatoms. The number of rotatable bonds is 3. The van der Waals surface area contributed by atoms with Gasteiger partial charge in [0.05, 0.1) is 22.6 Å². The third-order valence-corrected chi connectivity index (χ3v) is 5.50. The Balaban J connectivity index is 1.68. The summed E-state index contributed by atoms with van der Waals surface area (Å²) in [4.78, 5) is 18.2. The van der Waals surface area contributed by atoms with Crippen LogP contribution in [0.2, 0.25) is 0 Å². The highest BCUT2D eigenvalue weighted by Gasteiger charge is 2.34. The van der Waals surface area contributed by atoms with Crippen LogP contribution >= 0.6 is 0 Å². The minimum atomic E-state index is -0.280. The van der Waals surface area contributed by atoms with Crippen LogP contribution in [0.25, 0.3) is 11.0 Å². The molecule has 0 radical (unpaired) electrons. The van der Waals surface area contributed by atoms with Gasteiger partial charge in [-0.25, -0.2) is 4.98 Å². The summed E-state index contributed by atoms with van der Waals surface area (Å²) in [6.07, 6.45) is 0. The van der Waals surface area contributed by atoms with Crippen molar-refractivity contribution in [1.82, 2.24) is 9.55 Å². The average molecular weight is 394 g/mol. The van der Waals surface area contributed by atoms with E-state index >= 15 is 0 Å². The van der Waals surface area contributed by atoms with Gasteiger partial charge in [-0.1, -0.05) is 60.2 Å². The number of amides is 1. The first-order chi connectivity index (χ1) is 14.6. The Labute approximate surface area is 175 Å².